The third-order valence-corrected chi connectivity index (χ3v) is 4.75. The molecular formula is C20H30IN5O2. The van der Waals surface area contributed by atoms with Crippen LogP contribution in [0.15, 0.2) is 23.2 Å². The molecule has 0 spiro atoms. The lowest BCUT2D eigenvalue weighted by atomic mass is 10.1. The van der Waals surface area contributed by atoms with E-state index in [4.69, 9.17) is 14.5 Å². The van der Waals surface area contributed by atoms with Crippen molar-refractivity contribution >= 4 is 29.9 Å². The SMILES string of the molecule is CCNC(=NCc1ccc2c(c1)OCO2)NC(C)Cc1c(C)nn(C)c1C.I. The molecule has 3 rings (SSSR count). The number of hydrogen-bond acceptors (Lipinski definition) is 4. The van der Waals surface area contributed by atoms with E-state index in [2.05, 4.69) is 43.4 Å². The Kier molecular flexibility index (Phi) is 7.97. The van der Waals surface area contributed by atoms with Gasteiger partial charge in [-0.15, -0.1) is 24.0 Å². The van der Waals surface area contributed by atoms with Crippen LogP contribution in [-0.4, -0.2) is 35.1 Å². The van der Waals surface area contributed by atoms with Crippen LogP contribution >= 0.6 is 24.0 Å². The first-order chi connectivity index (χ1) is 13.0. The van der Waals surface area contributed by atoms with E-state index in [0.29, 0.717) is 6.54 Å². The Balaban J connectivity index is 0.00000280. The van der Waals surface area contributed by atoms with Crippen LogP contribution in [0.25, 0.3) is 0 Å². The van der Waals surface area contributed by atoms with Crippen molar-refractivity contribution in [1.82, 2.24) is 20.4 Å². The van der Waals surface area contributed by atoms with Gasteiger partial charge in [0.05, 0.1) is 12.2 Å². The first kappa shape index (κ1) is 22.3. The number of aromatic nitrogens is 2. The van der Waals surface area contributed by atoms with E-state index < -0.39 is 0 Å². The van der Waals surface area contributed by atoms with Crippen LogP contribution in [0.4, 0.5) is 0 Å². The Morgan fingerprint density at radius 2 is 2.04 bits per heavy atom. The largest absolute Gasteiger partial charge is 0.454 e. The maximum atomic E-state index is 5.44. The van der Waals surface area contributed by atoms with Gasteiger partial charge in [0.2, 0.25) is 6.79 Å². The number of hydrogen-bond donors (Lipinski definition) is 2. The average Bonchev–Trinajstić information content (AvgIpc) is 3.19. The summed E-state index contributed by atoms with van der Waals surface area (Å²) in [6.45, 7) is 10.1. The van der Waals surface area contributed by atoms with Crippen molar-refractivity contribution < 1.29 is 9.47 Å². The second-order valence-corrected chi connectivity index (χ2v) is 6.91. The average molecular weight is 499 g/mol. The lowest BCUT2D eigenvalue weighted by Gasteiger charge is -2.18. The fourth-order valence-electron chi connectivity index (χ4n) is 3.23. The number of rotatable bonds is 6. The number of benzene rings is 1. The van der Waals surface area contributed by atoms with Gasteiger partial charge >= 0.3 is 0 Å². The summed E-state index contributed by atoms with van der Waals surface area (Å²) in [6.07, 6.45) is 0.903. The second-order valence-electron chi connectivity index (χ2n) is 6.91. The Bertz CT molecular complexity index is 834. The van der Waals surface area contributed by atoms with Gasteiger partial charge in [-0.05, 0) is 57.4 Å². The van der Waals surface area contributed by atoms with Gasteiger partial charge in [0.25, 0.3) is 0 Å². The number of nitrogens with one attached hydrogen (secondary N) is 2. The van der Waals surface area contributed by atoms with Crippen LogP contribution in [0, 0.1) is 13.8 Å². The van der Waals surface area contributed by atoms with Crippen LogP contribution < -0.4 is 20.1 Å². The van der Waals surface area contributed by atoms with Gasteiger partial charge in [0.1, 0.15) is 0 Å². The van der Waals surface area contributed by atoms with Crippen LogP contribution in [0.5, 0.6) is 11.5 Å². The first-order valence-corrected chi connectivity index (χ1v) is 9.40. The molecule has 28 heavy (non-hydrogen) atoms. The number of aryl methyl sites for hydroxylation is 2. The highest BCUT2D eigenvalue weighted by Crippen LogP contribution is 2.32. The van der Waals surface area contributed by atoms with Crippen LogP contribution in [0.3, 0.4) is 0 Å². The smallest absolute Gasteiger partial charge is 0.231 e. The molecule has 0 saturated heterocycles. The zero-order valence-electron chi connectivity index (χ0n) is 17.2. The molecule has 0 bridgehead atoms. The molecule has 7 nitrogen and oxygen atoms in total. The van der Waals surface area contributed by atoms with Gasteiger partial charge < -0.3 is 20.1 Å². The summed E-state index contributed by atoms with van der Waals surface area (Å²) in [6, 6.07) is 6.18. The lowest BCUT2D eigenvalue weighted by molar-refractivity contribution is 0.174. The highest BCUT2D eigenvalue weighted by Gasteiger charge is 2.15. The highest BCUT2D eigenvalue weighted by molar-refractivity contribution is 14.0. The molecule has 0 aliphatic carbocycles. The molecule has 2 N–H and O–H groups in total. The fourth-order valence-corrected chi connectivity index (χ4v) is 3.23. The van der Waals surface area contributed by atoms with Crippen molar-refractivity contribution in [3.8, 4) is 11.5 Å². The summed E-state index contributed by atoms with van der Waals surface area (Å²) in [5.41, 5.74) is 4.68. The Labute approximate surface area is 183 Å². The Morgan fingerprint density at radius 3 is 2.71 bits per heavy atom. The van der Waals surface area contributed by atoms with Gasteiger partial charge in [-0.25, -0.2) is 4.99 Å². The minimum absolute atomic E-state index is 0. The summed E-state index contributed by atoms with van der Waals surface area (Å²) >= 11 is 0. The predicted molar refractivity (Wildman–Crippen MR) is 122 cm³/mol. The highest BCUT2D eigenvalue weighted by atomic mass is 127. The molecule has 0 saturated carbocycles. The zero-order valence-corrected chi connectivity index (χ0v) is 19.5. The number of nitrogens with zero attached hydrogens (tertiary/aromatic N) is 3. The number of ether oxygens (including phenoxy) is 2. The van der Waals surface area contributed by atoms with Gasteiger partial charge in [-0.3, -0.25) is 4.68 Å². The molecular weight excluding hydrogens is 469 g/mol. The van der Waals surface area contributed by atoms with Gasteiger partial charge in [0.15, 0.2) is 17.5 Å². The van der Waals surface area contributed by atoms with Crippen molar-refractivity contribution in [2.45, 2.75) is 46.7 Å². The topological polar surface area (TPSA) is 72.7 Å². The standard InChI is InChI=1S/C20H29N5O2.HI/c1-6-21-20(22-11-16-7-8-18-19(10-16)27-12-26-18)23-13(2)9-17-14(3)24-25(5)15(17)4;/h7-8,10,13H,6,9,11-12H2,1-5H3,(H2,21,22,23);1H. The molecule has 8 heteroatoms. The van der Waals surface area contributed by atoms with E-state index in [1.165, 1.54) is 11.3 Å². The van der Waals surface area contributed by atoms with E-state index in [0.717, 1.165) is 41.7 Å². The maximum absolute atomic E-state index is 5.44. The third-order valence-electron chi connectivity index (χ3n) is 4.75. The maximum Gasteiger partial charge on any atom is 0.231 e. The molecule has 154 valence electrons. The van der Waals surface area contributed by atoms with Gasteiger partial charge in [0, 0.05) is 25.3 Å². The van der Waals surface area contributed by atoms with Crippen molar-refractivity contribution in [3.05, 3.63) is 40.7 Å². The Morgan fingerprint density at radius 1 is 1.29 bits per heavy atom. The van der Waals surface area contributed by atoms with Gasteiger partial charge in [-0.1, -0.05) is 6.07 Å². The summed E-state index contributed by atoms with van der Waals surface area (Å²) in [5, 5.41) is 11.3. The first-order valence-electron chi connectivity index (χ1n) is 9.40. The van der Waals surface area contributed by atoms with Crippen molar-refractivity contribution in [2.75, 3.05) is 13.3 Å². The molecule has 0 fully saturated rings. The van der Waals surface area contributed by atoms with Crippen LogP contribution in [-0.2, 0) is 20.0 Å². The number of halogens is 1. The minimum Gasteiger partial charge on any atom is -0.454 e. The molecule has 1 aliphatic rings. The van der Waals surface area contributed by atoms with Crippen molar-refractivity contribution in [2.24, 2.45) is 12.0 Å². The monoisotopic (exact) mass is 499 g/mol. The number of fused-ring (bicyclic) bond motifs is 1. The van der Waals surface area contributed by atoms with Crippen molar-refractivity contribution in [1.29, 1.82) is 0 Å². The fraction of sp³-hybridized carbons (Fsp3) is 0.500. The van der Waals surface area contributed by atoms with Gasteiger partial charge in [-0.2, -0.15) is 5.10 Å². The summed E-state index contributed by atoms with van der Waals surface area (Å²) in [4.78, 5) is 4.72. The van der Waals surface area contributed by atoms with E-state index in [-0.39, 0.29) is 36.8 Å². The van der Waals surface area contributed by atoms with Crippen LogP contribution in [0.1, 0.15) is 36.4 Å². The van der Waals surface area contributed by atoms with Crippen LogP contribution in [0.2, 0.25) is 0 Å². The van der Waals surface area contributed by atoms with E-state index >= 15 is 0 Å². The molecule has 1 aromatic carbocycles. The normalized spacial score (nSPS) is 13.8. The number of guanidine groups is 1. The zero-order chi connectivity index (χ0) is 19.4. The van der Waals surface area contributed by atoms with E-state index in [1.54, 1.807) is 0 Å². The molecule has 1 unspecified atom stereocenters. The lowest BCUT2D eigenvalue weighted by Crippen LogP contribution is -2.43. The third kappa shape index (κ3) is 5.30. The van der Waals surface area contributed by atoms with E-state index in [9.17, 15) is 0 Å². The number of aliphatic imine (C=N–C) groups is 1. The molecule has 0 radical (unpaired) electrons. The molecule has 0 amide bonds. The second kappa shape index (κ2) is 9.99. The quantitative estimate of drug-likeness (QED) is 0.363. The summed E-state index contributed by atoms with van der Waals surface area (Å²) < 4.78 is 12.7. The minimum atomic E-state index is 0. The Hall–Kier alpha value is -1.97. The summed E-state index contributed by atoms with van der Waals surface area (Å²) in [7, 11) is 1.99. The molecule has 1 aromatic heterocycles. The molecule has 1 aliphatic heterocycles. The molecule has 2 heterocycles. The van der Waals surface area contributed by atoms with Crippen molar-refractivity contribution in [3.63, 3.8) is 0 Å². The summed E-state index contributed by atoms with van der Waals surface area (Å²) in [5.74, 6) is 2.39. The molecule has 1 atom stereocenters. The molecule has 2 aromatic rings. The van der Waals surface area contributed by atoms with E-state index in [1.807, 2.05) is 29.9 Å². The predicted octanol–water partition coefficient (Wildman–Crippen LogP) is 3.07.